The summed E-state index contributed by atoms with van der Waals surface area (Å²) in [4.78, 5) is 32.2. The first-order valence-corrected chi connectivity index (χ1v) is 6.38. The van der Waals surface area contributed by atoms with Crippen LogP contribution in [0, 0.1) is 0 Å². The van der Waals surface area contributed by atoms with Crippen molar-refractivity contribution in [2.24, 2.45) is 0 Å². The van der Waals surface area contributed by atoms with Gasteiger partial charge in [-0.1, -0.05) is 0 Å². The van der Waals surface area contributed by atoms with E-state index in [1.807, 2.05) is 0 Å². The summed E-state index contributed by atoms with van der Waals surface area (Å²) in [6.07, 6.45) is 1.76. The van der Waals surface area contributed by atoms with Gasteiger partial charge in [0.2, 0.25) is 19.5 Å². The maximum atomic E-state index is 11.5. The molecule has 0 unspecified atom stereocenters. The van der Waals surface area contributed by atoms with Crippen LogP contribution in [0.25, 0.3) is 0 Å². The van der Waals surface area contributed by atoms with Crippen molar-refractivity contribution in [3.8, 4) is 0 Å². The Bertz CT molecular complexity index is 161. The number of carbonyl (C=O) groups is 1. The first-order chi connectivity index (χ1) is 6.29. The normalized spacial score (nSPS) is 18.2. The van der Waals surface area contributed by atoms with E-state index in [1.165, 1.54) is 0 Å². The molecule has 2 N–H and O–H groups in total. The zero-order chi connectivity index (χ0) is 9.68. The predicted molar refractivity (Wildman–Crippen MR) is 49.1 cm³/mol. The van der Waals surface area contributed by atoms with Crippen LogP contribution in [-0.2, 0) is 0 Å². The van der Waals surface area contributed by atoms with Crippen LogP contribution in [-0.4, -0.2) is 70.4 Å². The Balaban J connectivity index is 2.45. The van der Waals surface area contributed by atoms with E-state index in [4.69, 9.17) is 9.59 Å². The van der Waals surface area contributed by atoms with E-state index in [-0.39, 0.29) is 25.6 Å². The standard InChI is InChI=1S/C6H12N2O3Si2/c9-6-7(4-12-10)2-1-3-8(6)5-13-11/h10-11H,1-5H2. The quantitative estimate of drug-likeness (QED) is 0.548. The fourth-order valence-electron chi connectivity index (χ4n) is 1.31. The minimum atomic E-state index is -0.215. The Labute approximate surface area is 82.2 Å². The Morgan fingerprint density at radius 1 is 1.15 bits per heavy atom. The third-order valence-electron chi connectivity index (χ3n) is 1.92. The van der Waals surface area contributed by atoms with Crippen LogP contribution in [0.15, 0.2) is 0 Å². The van der Waals surface area contributed by atoms with Gasteiger partial charge in [-0.3, -0.25) is 0 Å². The number of hydrogen-bond acceptors (Lipinski definition) is 3. The van der Waals surface area contributed by atoms with Crippen molar-refractivity contribution >= 4 is 25.6 Å². The largest absolute Gasteiger partial charge is 0.430 e. The van der Waals surface area contributed by atoms with Crippen LogP contribution < -0.4 is 0 Å². The molecule has 0 aliphatic carbocycles. The predicted octanol–water partition coefficient (Wildman–Crippen LogP) is -1.75. The van der Waals surface area contributed by atoms with Crippen LogP contribution in [0.5, 0.6) is 0 Å². The van der Waals surface area contributed by atoms with Crippen LogP contribution in [0.4, 0.5) is 4.79 Å². The van der Waals surface area contributed by atoms with E-state index in [0.29, 0.717) is 12.3 Å². The zero-order valence-corrected chi connectivity index (χ0v) is 9.23. The van der Waals surface area contributed by atoms with Gasteiger partial charge in [0.05, 0.1) is 0 Å². The molecule has 0 aromatic heterocycles. The van der Waals surface area contributed by atoms with E-state index in [1.54, 1.807) is 9.80 Å². The maximum Gasteiger partial charge on any atom is 0.319 e. The summed E-state index contributed by atoms with van der Waals surface area (Å²) >= 11 is 0. The third-order valence-corrected chi connectivity index (χ3v) is 2.97. The zero-order valence-electron chi connectivity index (χ0n) is 7.23. The molecule has 13 heavy (non-hydrogen) atoms. The molecule has 0 saturated carbocycles. The van der Waals surface area contributed by atoms with Crippen molar-refractivity contribution < 1.29 is 14.4 Å². The number of nitrogens with zero attached hydrogens (tertiary/aromatic N) is 2. The van der Waals surface area contributed by atoms with Gasteiger partial charge in [-0.05, 0) is 6.42 Å². The van der Waals surface area contributed by atoms with Gasteiger partial charge < -0.3 is 19.4 Å². The number of urea groups is 1. The van der Waals surface area contributed by atoms with Crippen molar-refractivity contribution in [3.63, 3.8) is 0 Å². The highest BCUT2D eigenvalue weighted by atomic mass is 28.2. The van der Waals surface area contributed by atoms with Gasteiger partial charge >= 0.3 is 6.03 Å². The van der Waals surface area contributed by atoms with Crippen LogP contribution in [0.2, 0.25) is 0 Å². The molecule has 4 radical (unpaired) electrons. The monoisotopic (exact) mass is 216 g/mol. The highest BCUT2D eigenvalue weighted by Gasteiger charge is 2.24. The highest BCUT2D eigenvalue weighted by Crippen LogP contribution is 2.07. The molecule has 0 aromatic carbocycles. The molecule has 0 spiro atoms. The highest BCUT2D eigenvalue weighted by molar-refractivity contribution is 6.27. The third kappa shape index (κ3) is 2.80. The van der Waals surface area contributed by atoms with Gasteiger partial charge in [0, 0.05) is 25.4 Å². The van der Waals surface area contributed by atoms with E-state index < -0.39 is 0 Å². The van der Waals surface area contributed by atoms with Gasteiger partial charge in [-0.25, -0.2) is 4.79 Å². The van der Waals surface area contributed by atoms with Crippen molar-refractivity contribution in [2.45, 2.75) is 6.42 Å². The number of amides is 2. The molecular weight excluding hydrogens is 204 g/mol. The van der Waals surface area contributed by atoms with Gasteiger partial charge in [0.15, 0.2) is 0 Å². The lowest BCUT2D eigenvalue weighted by Crippen LogP contribution is -2.51. The van der Waals surface area contributed by atoms with Gasteiger partial charge in [-0.15, -0.1) is 0 Å². The lowest BCUT2D eigenvalue weighted by molar-refractivity contribution is 0.144. The number of hydrogen-bond donors (Lipinski definition) is 2. The average molecular weight is 216 g/mol. The van der Waals surface area contributed by atoms with Crippen LogP contribution >= 0.6 is 0 Å². The molecule has 1 fully saturated rings. The van der Waals surface area contributed by atoms with Crippen molar-refractivity contribution in [1.82, 2.24) is 9.80 Å². The summed E-state index contributed by atoms with van der Waals surface area (Å²) in [5, 5.41) is 0. The molecule has 0 bridgehead atoms. The second-order valence-corrected chi connectivity index (χ2v) is 4.06. The van der Waals surface area contributed by atoms with Crippen LogP contribution in [0.1, 0.15) is 6.42 Å². The molecular formula is C6H12N2O3Si2. The Morgan fingerprint density at radius 2 is 1.62 bits per heavy atom. The van der Waals surface area contributed by atoms with Crippen molar-refractivity contribution in [1.29, 1.82) is 0 Å². The minimum absolute atomic E-state index is 0.0608. The van der Waals surface area contributed by atoms with Crippen molar-refractivity contribution in [3.05, 3.63) is 0 Å². The molecule has 1 saturated heterocycles. The lowest BCUT2D eigenvalue weighted by Gasteiger charge is -2.34. The second kappa shape index (κ2) is 5.37. The summed E-state index contributed by atoms with van der Waals surface area (Å²) in [5.41, 5.74) is 0. The summed E-state index contributed by atoms with van der Waals surface area (Å²) in [7, 11) is -0.431. The minimum Gasteiger partial charge on any atom is -0.430 e. The van der Waals surface area contributed by atoms with E-state index in [0.717, 1.165) is 19.5 Å². The van der Waals surface area contributed by atoms with E-state index in [9.17, 15) is 4.79 Å². The Hall–Kier alpha value is -0.376. The maximum absolute atomic E-state index is 11.5. The molecule has 0 atom stereocenters. The number of rotatable bonds is 4. The van der Waals surface area contributed by atoms with Crippen LogP contribution in [0.3, 0.4) is 0 Å². The number of carbonyl (C=O) groups excluding carboxylic acids is 1. The van der Waals surface area contributed by atoms with E-state index >= 15 is 0 Å². The molecule has 0 aromatic rings. The fraction of sp³-hybridized carbons (Fsp3) is 0.833. The average Bonchev–Trinajstić information content (AvgIpc) is 2.13. The molecule has 1 aliphatic heterocycles. The first-order valence-electron chi connectivity index (χ1n) is 4.07. The summed E-state index contributed by atoms with van der Waals surface area (Å²) in [6.45, 7) is 1.44. The van der Waals surface area contributed by atoms with Crippen molar-refractivity contribution in [2.75, 3.05) is 25.4 Å². The fourth-order valence-corrected chi connectivity index (χ4v) is 2.24. The second-order valence-electron chi connectivity index (χ2n) is 2.80. The summed E-state index contributed by atoms with van der Waals surface area (Å²) in [5.74, 6) is 0. The summed E-state index contributed by atoms with van der Waals surface area (Å²) in [6, 6.07) is -0.0608. The molecule has 5 nitrogen and oxygen atoms in total. The molecule has 7 heteroatoms. The molecule has 1 rings (SSSR count). The summed E-state index contributed by atoms with van der Waals surface area (Å²) < 4.78 is 0. The van der Waals surface area contributed by atoms with Gasteiger partial charge in [0.25, 0.3) is 0 Å². The molecule has 1 aliphatic rings. The Morgan fingerprint density at radius 3 is 2.00 bits per heavy atom. The Kier molecular flexibility index (Phi) is 4.42. The molecule has 72 valence electrons. The first kappa shape index (κ1) is 10.7. The van der Waals surface area contributed by atoms with Gasteiger partial charge in [0.1, 0.15) is 0 Å². The SMILES string of the molecule is O=C1N(C[Si]O)CCCN1C[Si]O. The molecule has 2 amide bonds. The topological polar surface area (TPSA) is 64.0 Å². The van der Waals surface area contributed by atoms with Gasteiger partial charge in [-0.2, -0.15) is 0 Å². The lowest BCUT2D eigenvalue weighted by atomic mass is 10.3. The molecule has 1 heterocycles. The van der Waals surface area contributed by atoms with E-state index in [2.05, 4.69) is 0 Å². The smallest absolute Gasteiger partial charge is 0.319 e.